The number of carbonyl (C=O) groups excluding carboxylic acids is 1. The Hall–Kier alpha value is -1.36. The van der Waals surface area contributed by atoms with Crippen molar-refractivity contribution in [1.29, 1.82) is 0 Å². The summed E-state index contributed by atoms with van der Waals surface area (Å²) in [6.45, 7) is 4.58. The van der Waals surface area contributed by atoms with E-state index in [0.717, 1.165) is 12.0 Å². The summed E-state index contributed by atoms with van der Waals surface area (Å²) in [5.74, 6) is 0.850. The number of aromatic amines is 1. The second kappa shape index (κ2) is 4.02. The van der Waals surface area contributed by atoms with Crippen molar-refractivity contribution in [2.45, 2.75) is 26.4 Å². The Kier molecular flexibility index (Phi) is 2.73. The molecule has 2 rings (SSSR count). The minimum Gasteiger partial charge on any atom is -0.368 e. The highest BCUT2D eigenvalue weighted by Gasteiger charge is 2.31. The number of nitrogens with zero attached hydrogens (tertiary/aromatic N) is 1. The van der Waals surface area contributed by atoms with Crippen LogP contribution in [0.5, 0.6) is 0 Å². The van der Waals surface area contributed by atoms with Gasteiger partial charge in [0, 0.05) is 12.2 Å². The van der Waals surface area contributed by atoms with Gasteiger partial charge in [0.15, 0.2) is 0 Å². The predicted molar refractivity (Wildman–Crippen MR) is 55.5 cm³/mol. The van der Waals surface area contributed by atoms with Gasteiger partial charge in [-0.15, -0.1) is 0 Å². The Labute approximate surface area is 88.2 Å². The minimum absolute atomic E-state index is 0.0904. The van der Waals surface area contributed by atoms with Gasteiger partial charge in [0.2, 0.25) is 0 Å². The van der Waals surface area contributed by atoms with E-state index in [-0.39, 0.29) is 17.9 Å². The Morgan fingerprint density at radius 3 is 3.07 bits per heavy atom. The Balaban J connectivity index is 2.01. The van der Waals surface area contributed by atoms with Crippen LogP contribution in [0, 0.1) is 12.8 Å². The molecule has 1 fully saturated rings. The van der Waals surface area contributed by atoms with Gasteiger partial charge in [-0.2, -0.15) is 5.10 Å². The Bertz CT molecular complexity index is 361. The molecular formula is C10H15N3O2. The first-order chi connectivity index (χ1) is 7.18. The van der Waals surface area contributed by atoms with Gasteiger partial charge in [-0.05, 0) is 19.3 Å². The average molecular weight is 209 g/mol. The fourth-order valence-corrected chi connectivity index (χ4v) is 1.70. The molecule has 0 spiro atoms. The lowest BCUT2D eigenvalue weighted by atomic mass is 10.0. The van der Waals surface area contributed by atoms with Crippen LogP contribution < -0.4 is 5.32 Å². The molecule has 0 saturated carbocycles. The molecule has 0 aliphatic carbocycles. The molecule has 2 unspecified atom stereocenters. The van der Waals surface area contributed by atoms with E-state index in [9.17, 15) is 4.79 Å². The number of aromatic nitrogens is 2. The summed E-state index contributed by atoms with van der Waals surface area (Å²) >= 11 is 0. The molecule has 5 heteroatoms. The molecule has 2 atom stereocenters. The van der Waals surface area contributed by atoms with Gasteiger partial charge in [-0.1, -0.05) is 6.92 Å². The average Bonchev–Trinajstić information content (AvgIpc) is 2.76. The molecule has 82 valence electrons. The molecule has 0 radical (unpaired) electrons. The molecular weight excluding hydrogens is 194 g/mol. The zero-order valence-corrected chi connectivity index (χ0v) is 8.91. The topological polar surface area (TPSA) is 67.0 Å². The second-order valence-corrected chi connectivity index (χ2v) is 3.97. The fraction of sp³-hybridized carbons (Fsp3) is 0.600. The normalized spacial score (nSPS) is 25.5. The standard InChI is InChI=1S/C10H15N3O2/c1-6-3-4-15-8(6)10(14)12-9-7(2)5-11-13-9/h5-6,8H,3-4H2,1-2H3,(H2,11,12,13,14). The zero-order valence-electron chi connectivity index (χ0n) is 8.91. The Morgan fingerprint density at radius 1 is 1.73 bits per heavy atom. The van der Waals surface area contributed by atoms with Crippen molar-refractivity contribution >= 4 is 11.7 Å². The van der Waals surface area contributed by atoms with E-state index in [2.05, 4.69) is 15.5 Å². The van der Waals surface area contributed by atoms with E-state index in [0.29, 0.717) is 12.4 Å². The van der Waals surface area contributed by atoms with E-state index in [1.807, 2.05) is 13.8 Å². The largest absolute Gasteiger partial charge is 0.368 e. The molecule has 1 aliphatic rings. The fourth-order valence-electron chi connectivity index (χ4n) is 1.70. The Morgan fingerprint density at radius 2 is 2.53 bits per heavy atom. The van der Waals surface area contributed by atoms with Crippen LogP contribution in [-0.2, 0) is 9.53 Å². The van der Waals surface area contributed by atoms with Crippen LogP contribution >= 0.6 is 0 Å². The lowest BCUT2D eigenvalue weighted by Gasteiger charge is -2.13. The maximum atomic E-state index is 11.8. The van der Waals surface area contributed by atoms with Crippen molar-refractivity contribution in [3.63, 3.8) is 0 Å². The molecule has 2 heterocycles. The number of carbonyl (C=O) groups is 1. The maximum Gasteiger partial charge on any atom is 0.254 e. The molecule has 1 amide bonds. The quantitative estimate of drug-likeness (QED) is 0.766. The highest BCUT2D eigenvalue weighted by molar-refractivity contribution is 5.94. The third kappa shape index (κ3) is 2.02. The van der Waals surface area contributed by atoms with E-state index in [1.165, 1.54) is 0 Å². The van der Waals surface area contributed by atoms with E-state index < -0.39 is 0 Å². The lowest BCUT2D eigenvalue weighted by molar-refractivity contribution is -0.126. The second-order valence-electron chi connectivity index (χ2n) is 3.97. The summed E-state index contributed by atoms with van der Waals surface area (Å²) in [6.07, 6.45) is 2.29. The number of H-pyrrole nitrogens is 1. The monoisotopic (exact) mass is 209 g/mol. The number of hydrogen-bond donors (Lipinski definition) is 2. The van der Waals surface area contributed by atoms with Gasteiger partial charge in [-0.25, -0.2) is 0 Å². The first kappa shape index (κ1) is 10.2. The number of rotatable bonds is 2. The highest BCUT2D eigenvalue weighted by Crippen LogP contribution is 2.21. The van der Waals surface area contributed by atoms with Crippen LogP contribution in [0.1, 0.15) is 18.9 Å². The van der Waals surface area contributed by atoms with Crippen LogP contribution in [0.2, 0.25) is 0 Å². The smallest absolute Gasteiger partial charge is 0.254 e. The van der Waals surface area contributed by atoms with Crippen LogP contribution in [0.15, 0.2) is 6.20 Å². The summed E-state index contributed by atoms with van der Waals surface area (Å²) in [7, 11) is 0. The third-order valence-electron chi connectivity index (χ3n) is 2.72. The SMILES string of the molecule is Cc1cn[nH]c1NC(=O)C1OCCC1C. The molecule has 15 heavy (non-hydrogen) atoms. The number of hydrogen-bond acceptors (Lipinski definition) is 3. The van der Waals surface area contributed by atoms with Gasteiger partial charge in [0.25, 0.3) is 5.91 Å². The highest BCUT2D eigenvalue weighted by atomic mass is 16.5. The summed E-state index contributed by atoms with van der Waals surface area (Å²) in [4.78, 5) is 11.8. The molecule has 1 aromatic rings. The van der Waals surface area contributed by atoms with Crippen molar-refractivity contribution in [2.24, 2.45) is 5.92 Å². The molecule has 1 aliphatic heterocycles. The molecule has 2 N–H and O–H groups in total. The van der Waals surface area contributed by atoms with Gasteiger partial charge in [0.05, 0.1) is 6.20 Å². The summed E-state index contributed by atoms with van der Waals surface area (Å²) < 4.78 is 5.37. The molecule has 1 saturated heterocycles. The lowest BCUT2D eigenvalue weighted by Crippen LogP contribution is -2.31. The number of anilines is 1. The van der Waals surface area contributed by atoms with Gasteiger partial charge in [0.1, 0.15) is 11.9 Å². The van der Waals surface area contributed by atoms with Crippen LogP contribution in [-0.4, -0.2) is 28.8 Å². The number of ether oxygens (including phenoxy) is 1. The predicted octanol–water partition coefficient (Wildman–Crippen LogP) is 1.08. The molecule has 5 nitrogen and oxygen atoms in total. The first-order valence-electron chi connectivity index (χ1n) is 5.11. The maximum absolute atomic E-state index is 11.8. The van der Waals surface area contributed by atoms with E-state index >= 15 is 0 Å². The molecule has 1 aromatic heterocycles. The van der Waals surface area contributed by atoms with Crippen molar-refractivity contribution in [3.05, 3.63) is 11.8 Å². The number of amides is 1. The van der Waals surface area contributed by atoms with Gasteiger partial charge < -0.3 is 10.1 Å². The van der Waals surface area contributed by atoms with Crippen LogP contribution in [0.4, 0.5) is 5.82 Å². The van der Waals surface area contributed by atoms with E-state index in [4.69, 9.17) is 4.74 Å². The number of nitrogens with one attached hydrogen (secondary N) is 2. The van der Waals surface area contributed by atoms with Gasteiger partial charge >= 0.3 is 0 Å². The van der Waals surface area contributed by atoms with E-state index in [1.54, 1.807) is 6.20 Å². The summed E-state index contributed by atoms with van der Waals surface area (Å²) in [5, 5.41) is 9.36. The van der Waals surface area contributed by atoms with Crippen molar-refractivity contribution in [3.8, 4) is 0 Å². The third-order valence-corrected chi connectivity index (χ3v) is 2.72. The van der Waals surface area contributed by atoms with Gasteiger partial charge in [-0.3, -0.25) is 9.89 Å². The molecule has 0 bridgehead atoms. The first-order valence-corrected chi connectivity index (χ1v) is 5.11. The van der Waals surface area contributed by atoms with Crippen molar-refractivity contribution in [2.75, 3.05) is 11.9 Å². The minimum atomic E-state index is -0.326. The zero-order chi connectivity index (χ0) is 10.8. The number of aryl methyl sites for hydroxylation is 1. The van der Waals surface area contributed by atoms with Crippen molar-refractivity contribution in [1.82, 2.24) is 10.2 Å². The summed E-state index contributed by atoms with van der Waals surface area (Å²) in [6, 6.07) is 0. The molecule has 0 aromatic carbocycles. The van der Waals surface area contributed by atoms with Crippen molar-refractivity contribution < 1.29 is 9.53 Å². The van der Waals surface area contributed by atoms with Crippen LogP contribution in [0.25, 0.3) is 0 Å². The van der Waals surface area contributed by atoms with Crippen LogP contribution in [0.3, 0.4) is 0 Å². The summed E-state index contributed by atoms with van der Waals surface area (Å²) in [5.41, 5.74) is 0.925.